The summed E-state index contributed by atoms with van der Waals surface area (Å²) in [6.45, 7) is 1.76. The fourth-order valence-electron chi connectivity index (χ4n) is 2.50. The van der Waals surface area contributed by atoms with Crippen molar-refractivity contribution in [2.24, 2.45) is 0 Å². The van der Waals surface area contributed by atoms with Crippen LogP contribution in [0.4, 0.5) is 32.0 Å². The molecule has 0 aliphatic carbocycles. The van der Waals surface area contributed by atoms with Crippen LogP contribution in [0.3, 0.4) is 0 Å². The predicted molar refractivity (Wildman–Crippen MR) is 86.4 cm³/mol. The third-order valence-electron chi connectivity index (χ3n) is 4.06. The van der Waals surface area contributed by atoms with Crippen LogP contribution in [0, 0.1) is 6.92 Å². The van der Waals surface area contributed by atoms with Crippen LogP contribution in [0.25, 0.3) is 0 Å². The fourth-order valence-corrected chi connectivity index (χ4v) is 2.50. The summed E-state index contributed by atoms with van der Waals surface area (Å²) in [5.41, 5.74) is -5.20. The molecule has 27 heavy (non-hydrogen) atoms. The van der Waals surface area contributed by atoms with Gasteiger partial charge in [-0.1, -0.05) is 29.8 Å². The second-order valence-electron chi connectivity index (χ2n) is 5.99. The lowest BCUT2D eigenvalue weighted by molar-refractivity contribution is -0.376. The Bertz CT molecular complexity index is 813. The summed E-state index contributed by atoms with van der Waals surface area (Å²) in [5.74, 6) is -0.492. The molecule has 0 bridgehead atoms. The SMILES string of the molecule is Cc1cccc(C(=O)N(C)c2ccc(C(O)(C(F)(F)F)C(F)(F)F)cc2)c1. The zero-order valence-corrected chi connectivity index (χ0v) is 14.2. The van der Waals surface area contributed by atoms with Crippen LogP contribution in [-0.2, 0) is 5.60 Å². The predicted octanol–water partition coefficient (Wildman–Crippen LogP) is 4.58. The van der Waals surface area contributed by atoms with E-state index in [1.807, 2.05) is 0 Å². The van der Waals surface area contributed by atoms with Crippen molar-refractivity contribution in [3.63, 3.8) is 0 Å². The van der Waals surface area contributed by atoms with E-state index in [0.29, 0.717) is 17.7 Å². The number of anilines is 1. The van der Waals surface area contributed by atoms with Gasteiger partial charge in [0.1, 0.15) is 0 Å². The van der Waals surface area contributed by atoms with Crippen LogP contribution >= 0.6 is 0 Å². The molecule has 0 atom stereocenters. The van der Waals surface area contributed by atoms with E-state index in [4.69, 9.17) is 0 Å². The lowest BCUT2D eigenvalue weighted by Gasteiger charge is -2.32. The van der Waals surface area contributed by atoms with Gasteiger partial charge in [-0.15, -0.1) is 0 Å². The van der Waals surface area contributed by atoms with Crippen LogP contribution in [0.5, 0.6) is 0 Å². The Labute approximate surface area is 150 Å². The van der Waals surface area contributed by atoms with E-state index in [0.717, 1.165) is 22.6 Å². The van der Waals surface area contributed by atoms with E-state index >= 15 is 0 Å². The second-order valence-corrected chi connectivity index (χ2v) is 5.99. The Morgan fingerprint density at radius 2 is 1.44 bits per heavy atom. The Balaban J connectivity index is 2.37. The Morgan fingerprint density at radius 3 is 1.89 bits per heavy atom. The molecule has 2 aromatic rings. The van der Waals surface area contributed by atoms with Crippen molar-refractivity contribution in [1.82, 2.24) is 0 Å². The van der Waals surface area contributed by atoms with Crippen LogP contribution in [0.1, 0.15) is 21.5 Å². The van der Waals surface area contributed by atoms with E-state index in [1.54, 1.807) is 25.1 Å². The summed E-state index contributed by atoms with van der Waals surface area (Å²) in [7, 11) is 1.33. The molecule has 2 aromatic carbocycles. The highest BCUT2D eigenvalue weighted by molar-refractivity contribution is 6.05. The van der Waals surface area contributed by atoms with Crippen LogP contribution in [-0.4, -0.2) is 30.4 Å². The average Bonchev–Trinajstić information content (AvgIpc) is 2.58. The van der Waals surface area contributed by atoms with E-state index < -0.39 is 29.4 Å². The summed E-state index contributed by atoms with van der Waals surface area (Å²) in [5, 5.41) is 9.37. The lowest BCUT2D eigenvalue weighted by atomic mass is 9.92. The van der Waals surface area contributed by atoms with E-state index in [2.05, 4.69) is 0 Å². The number of carbonyl (C=O) groups is 1. The first-order valence-corrected chi connectivity index (χ1v) is 7.60. The number of carbonyl (C=O) groups excluding carboxylic acids is 1. The van der Waals surface area contributed by atoms with Gasteiger partial charge in [0.25, 0.3) is 11.5 Å². The molecular formula is C18H15F6NO2. The quantitative estimate of drug-likeness (QED) is 0.778. The maximum Gasteiger partial charge on any atom is 0.430 e. The number of benzene rings is 2. The van der Waals surface area contributed by atoms with Crippen LogP contribution < -0.4 is 4.90 Å². The number of nitrogens with zero attached hydrogens (tertiary/aromatic N) is 1. The first-order valence-electron chi connectivity index (χ1n) is 7.60. The monoisotopic (exact) mass is 391 g/mol. The standard InChI is InChI=1S/C18H15F6NO2/c1-11-4-3-5-12(10-11)15(26)25(2)14-8-6-13(7-9-14)16(27,17(19,20)21)18(22,23)24/h3-10,27H,1-2H3. The van der Waals surface area contributed by atoms with Gasteiger partial charge >= 0.3 is 12.4 Å². The molecule has 0 aromatic heterocycles. The Morgan fingerprint density at radius 1 is 0.926 bits per heavy atom. The highest BCUT2D eigenvalue weighted by atomic mass is 19.4. The number of aryl methyl sites for hydroxylation is 1. The first-order chi connectivity index (χ1) is 12.3. The molecule has 0 heterocycles. The van der Waals surface area contributed by atoms with Gasteiger partial charge in [-0.3, -0.25) is 4.79 Å². The van der Waals surface area contributed by atoms with Crippen molar-refractivity contribution in [3.05, 3.63) is 65.2 Å². The highest BCUT2D eigenvalue weighted by Crippen LogP contribution is 2.50. The maximum absolute atomic E-state index is 12.9. The summed E-state index contributed by atoms with van der Waals surface area (Å²) >= 11 is 0. The molecule has 9 heteroatoms. The number of hydrogen-bond donors (Lipinski definition) is 1. The van der Waals surface area contributed by atoms with Crippen molar-refractivity contribution in [1.29, 1.82) is 0 Å². The molecule has 0 unspecified atom stereocenters. The van der Waals surface area contributed by atoms with Crippen molar-refractivity contribution in [2.45, 2.75) is 24.9 Å². The minimum Gasteiger partial charge on any atom is -0.369 e. The topological polar surface area (TPSA) is 40.5 Å². The number of aliphatic hydroxyl groups is 1. The highest BCUT2D eigenvalue weighted by Gasteiger charge is 2.71. The molecule has 1 N–H and O–H groups in total. The molecule has 1 amide bonds. The number of rotatable bonds is 3. The molecule has 0 radical (unpaired) electrons. The van der Waals surface area contributed by atoms with Gasteiger partial charge in [0, 0.05) is 23.9 Å². The minimum atomic E-state index is -5.96. The van der Waals surface area contributed by atoms with Crippen molar-refractivity contribution in [3.8, 4) is 0 Å². The van der Waals surface area contributed by atoms with Gasteiger partial charge in [-0.2, -0.15) is 26.3 Å². The number of alkyl halides is 6. The summed E-state index contributed by atoms with van der Waals surface area (Å²) < 4.78 is 77.4. The Kier molecular flexibility index (Phi) is 5.29. The number of amides is 1. The number of hydrogen-bond acceptors (Lipinski definition) is 2. The molecule has 0 fully saturated rings. The molecule has 0 spiro atoms. The summed E-state index contributed by atoms with van der Waals surface area (Å²) in [6, 6.07) is 9.35. The van der Waals surface area contributed by atoms with Gasteiger partial charge in [0.2, 0.25) is 0 Å². The van der Waals surface area contributed by atoms with Gasteiger partial charge in [-0.05, 0) is 31.2 Å². The molecule has 0 saturated heterocycles. The second kappa shape index (κ2) is 6.88. The lowest BCUT2D eigenvalue weighted by Crippen LogP contribution is -2.53. The van der Waals surface area contributed by atoms with Crippen LogP contribution in [0.15, 0.2) is 48.5 Å². The van der Waals surface area contributed by atoms with E-state index in [9.17, 15) is 36.2 Å². The van der Waals surface area contributed by atoms with Crippen molar-refractivity contribution >= 4 is 11.6 Å². The largest absolute Gasteiger partial charge is 0.430 e. The van der Waals surface area contributed by atoms with Crippen LogP contribution in [0.2, 0.25) is 0 Å². The zero-order chi connectivity index (χ0) is 20.6. The smallest absolute Gasteiger partial charge is 0.369 e. The van der Waals surface area contributed by atoms with E-state index in [-0.39, 0.29) is 5.69 Å². The minimum absolute atomic E-state index is 0.0666. The summed E-state index contributed by atoms with van der Waals surface area (Å²) in [4.78, 5) is 13.5. The van der Waals surface area contributed by atoms with E-state index in [1.165, 1.54) is 13.1 Å². The van der Waals surface area contributed by atoms with Crippen molar-refractivity contribution in [2.75, 3.05) is 11.9 Å². The fraction of sp³-hybridized carbons (Fsp3) is 0.278. The molecule has 0 aliphatic heterocycles. The maximum atomic E-state index is 12.9. The third-order valence-corrected chi connectivity index (χ3v) is 4.06. The van der Waals surface area contributed by atoms with Gasteiger partial charge in [-0.25, -0.2) is 0 Å². The molecular weight excluding hydrogens is 376 g/mol. The zero-order valence-electron chi connectivity index (χ0n) is 14.2. The Hall–Kier alpha value is -2.55. The summed E-state index contributed by atoms with van der Waals surface area (Å²) in [6.07, 6.45) is -11.9. The molecule has 146 valence electrons. The number of halogens is 6. The van der Waals surface area contributed by atoms with Crippen molar-refractivity contribution < 1.29 is 36.2 Å². The molecule has 2 rings (SSSR count). The molecule has 3 nitrogen and oxygen atoms in total. The third kappa shape index (κ3) is 3.78. The van der Waals surface area contributed by atoms with Gasteiger partial charge < -0.3 is 10.0 Å². The average molecular weight is 391 g/mol. The van der Waals surface area contributed by atoms with Gasteiger partial charge in [0.15, 0.2) is 0 Å². The molecule has 0 aliphatic rings. The molecule has 0 saturated carbocycles. The van der Waals surface area contributed by atoms with Gasteiger partial charge in [0.05, 0.1) is 0 Å². The first kappa shape index (κ1) is 20.8. The normalized spacial score (nSPS) is 12.8.